The van der Waals surface area contributed by atoms with E-state index in [9.17, 15) is 0 Å². The van der Waals surface area contributed by atoms with Crippen molar-refractivity contribution in [3.63, 3.8) is 0 Å². The topological polar surface area (TPSA) is 19.4 Å². The van der Waals surface area contributed by atoms with Crippen molar-refractivity contribution in [3.8, 4) is 0 Å². The average molecular weight is 256 g/mol. The molecule has 0 saturated carbocycles. The predicted octanol–water partition coefficient (Wildman–Crippen LogP) is 2.60. The molecule has 0 aliphatic rings. The zero-order valence-corrected chi connectivity index (χ0v) is 11.7. The van der Waals surface area contributed by atoms with Crippen LogP contribution in [0, 0.1) is 0 Å². The van der Waals surface area contributed by atoms with Gasteiger partial charge < -0.3 is 9.80 Å². The van der Waals surface area contributed by atoms with E-state index in [0.717, 1.165) is 37.4 Å². The molecule has 1 heterocycles. The molecule has 0 amide bonds. The monoisotopic (exact) mass is 255 g/mol. The van der Waals surface area contributed by atoms with E-state index in [2.05, 4.69) is 41.9 Å². The third-order valence-corrected chi connectivity index (χ3v) is 3.01. The van der Waals surface area contributed by atoms with Crippen LogP contribution in [-0.2, 0) is 5.88 Å². The van der Waals surface area contributed by atoms with E-state index in [1.165, 1.54) is 0 Å². The van der Waals surface area contributed by atoms with Crippen molar-refractivity contribution in [2.45, 2.75) is 19.2 Å². The summed E-state index contributed by atoms with van der Waals surface area (Å²) in [6.07, 6.45) is 2.98. The number of alkyl halides is 1. The van der Waals surface area contributed by atoms with Gasteiger partial charge >= 0.3 is 0 Å². The van der Waals surface area contributed by atoms with Crippen molar-refractivity contribution in [2.75, 3.05) is 38.6 Å². The lowest BCUT2D eigenvalue weighted by molar-refractivity contribution is 0.400. The molecule has 0 aliphatic heterocycles. The summed E-state index contributed by atoms with van der Waals surface area (Å²) in [6.45, 7) is 5.27. The maximum absolute atomic E-state index is 5.84. The highest BCUT2D eigenvalue weighted by Crippen LogP contribution is 2.14. The fourth-order valence-electron chi connectivity index (χ4n) is 1.73. The smallest absolute Gasteiger partial charge is 0.128 e. The first kappa shape index (κ1) is 14.3. The zero-order valence-electron chi connectivity index (χ0n) is 11.0. The fourth-order valence-corrected chi connectivity index (χ4v) is 1.90. The minimum Gasteiger partial charge on any atom is -0.357 e. The van der Waals surface area contributed by atoms with Crippen LogP contribution in [0.2, 0.25) is 0 Å². The van der Waals surface area contributed by atoms with Crippen molar-refractivity contribution >= 4 is 17.4 Å². The summed E-state index contributed by atoms with van der Waals surface area (Å²) in [5.41, 5.74) is 1.13. The van der Waals surface area contributed by atoms with Crippen LogP contribution in [0.15, 0.2) is 18.3 Å². The SMILES string of the molecule is CCN(CCCN(C)C)c1cc(CCl)ccn1. The number of rotatable bonds is 7. The molecule has 1 aromatic rings. The van der Waals surface area contributed by atoms with Crippen molar-refractivity contribution in [1.29, 1.82) is 0 Å². The summed E-state index contributed by atoms with van der Waals surface area (Å²) in [5.74, 6) is 1.58. The molecule has 0 saturated heterocycles. The second-order valence-corrected chi connectivity index (χ2v) is 4.66. The largest absolute Gasteiger partial charge is 0.357 e. The van der Waals surface area contributed by atoms with Crippen molar-refractivity contribution in [3.05, 3.63) is 23.9 Å². The van der Waals surface area contributed by atoms with Crippen LogP contribution < -0.4 is 4.90 Å². The molecule has 0 aliphatic carbocycles. The molecule has 0 unspecified atom stereocenters. The molecular formula is C13H22ClN3. The number of hydrogen-bond donors (Lipinski definition) is 0. The molecule has 0 atom stereocenters. The van der Waals surface area contributed by atoms with Gasteiger partial charge in [0.25, 0.3) is 0 Å². The van der Waals surface area contributed by atoms with Gasteiger partial charge in [0.05, 0.1) is 0 Å². The van der Waals surface area contributed by atoms with Gasteiger partial charge in [-0.2, -0.15) is 0 Å². The Morgan fingerprint density at radius 3 is 2.65 bits per heavy atom. The highest BCUT2D eigenvalue weighted by Gasteiger charge is 2.06. The van der Waals surface area contributed by atoms with Crippen molar-refractivity contribution in [1.82, 2.24) is 9.88 Å². The maximum atomic E-state index is 5.84. The zero-order chi connectivity index (χ0) is 12.7. The third-order valence-electron chi connectivity index (χ3n) is 2.70. The standard InChI is InChI=1S/C13H22ClN3/c1-4-17(9-5-8-16(2)3)13-10-12(11-14)6-7-15-13/h6-7,10H,4-5,8-9,11H2,1-3H3. The van der Waals surface area contributed by atoms with Crippen LogP contribution in [0.25, 0.3) is 0 Å². The highest BCUT2D eigenvalue weighted by molar-refractivity contribution is 6.17. The van der Waals surface area contributed by atoms with Gasteiger partial charge in [0, 0.05) is 25.2 Å². The van der Waals surface area contributed by atoms with Gasteiger partial charge in [0.1, 0.15) is 5.82 Å². The number of aromatic nitrogens is 1. The first-order chi connectivity index (χ1) is 8.17. The Kier molecular flexibility index (Phi) is 6.30. The summed E-state index contributed by atoms with van der Waals surface area (Å²) in [4.78, 5) is 8.91. The van der Waals surface area contributed by atoms with E-state index in [4.69, 9.17) is 11.6 Å². The first-order valence-electron chi connectivity index (χ1n) is 6.08. The molecule has 3 nitrogen and oxygen atoms in total. The van der Waals surface area contributed by atoms with Crippen LogP contribution >= 0.6 is 11.6 Å². The summed E-state index contributed by atoms with van der Waals surface area (Å²) in [7, 11) is 4.20. The average Bonchev–Trinajstić information content (AvgIpc) is 2.34. The van der Waals surface area contributed by atoms with Gasteiger partial charge in [-0.05, 0) is 51.7 Å². The van der Waals surface area contributed by atoms with Gasteiger partial charge in [-0.15, -0.1) is 11.6 Å². The molecule has 1 aromatic heterocycles. The van der Waals surface area contributed by atoms with Gasteiger partial charge in [-0.1, -0.05) is 0 Å². The molecule has 0 bridgehead atoms. The van der Waals surface area contributed by atoms with Crippen LogP contribution in [0.5, 0.6) is 0 Å². The Morgan fingerprint density at radius 1 is 1.29 bits per heavy atom. The number of hydrogen-bond acceptors (Lipinski definition) is 3. The van der Waals surface area contributed by atoms with Gasteiger partial charge in [0.15, 0.2) is 0 Å². The lowest BCUT2D eigenvalue weighted by Gasteiger charge is -2.23. The Balaban J connectivity index is 2.59. The predicted molar refractivity (Wildman–Crippen MR) is 74.9 cm³/mol. The number of anilines is 1. The Labute approximate surface area is 109 Å². The second kappa shape index (κ2) is 7.51. The summed E-state index contributed by atoms with van der Waals surface area (Å²) >= 11 is 5.84. The van der Waals surface area contributed by atoms with Crippen LogP contribution in [0.1, 0.15) is 18.9 Å². The molecule has 17 heavy (non-hydrogen) atoms. The van der Waals surface area contributed by atoms with E-state index in [1.54, 1.807) is 0 Å². The molecule has 0 spiro atoms. The fraction of sp³-hybridized carbons (Fsp3) is 0.615. The van der Waals surface area contributed by atoms with Crippen LogP contribution in [0.3, 0.4) is 0 Å². The van der Waals surface area contributed by atoms with E-state index < -0.39 is 0 Å². The van der Waals surface area contributed by atoms with E-state index >= 15 is 0 Å². The maximum Gasteiger partial charge on any atom is 0.128 e. The molecule has 0 aromatic carbocycles. The Morgan fingerprint density at radius 2 is 2.06 bits per heavy atom. The first-order valence-corrected chi connectivity index (χ1v) is 6.61. The number of nitrogens with zero attached hydrogens (tertiary/aromatic N) is 3. The molecule has 1 rings (SSSR count). The quantitative estimate of drug-likeness (QED) is 0.699. The molecule has 0 radical (unpaired) electrons. The van der Waals surface area contributed by atoms with Gasteiger partial charge in [-0.3, -0.25) is 0 Å². The van der Waals surface area contributed by atoms with Crippen molar-refractivity contribution < 1.29 is 0 Å². The molecule has 0 fully saturated rings. The number of pyridine rings is 1. The van der Waals surface area contributed by atoms with Crippen molar-refractivity contribution in [2.24, 2.45) is 0 Å². The van der Waals surface area contributed by atoms with Gasteiger partial charge in [0.2, 0.25) is 0 Å². The molecule has 96 valence electrons. The van der Waals surface area contributed by atoms with Crippen LogP contribution in [-0.4, -0.2) is 43.6 Å². The Bertz CT molecular complexity index is 328. The minimum atomic E-state index is 0.546. The molecule has 0 N–H and O–H groups in total. The van der Waals surface area contributed by atoms with E-state index in [0.29, 0.717) is 5.88 Å². The van der Waals surface area contributed by atoms with E-state index in [1.807, 2.05) is 12.3 Å². The summed E-state index contributed by atoms with van der Waals surface area (Å²) in [6, 6.07) is 4.04. The normalized spacial score (nSPS) is 10.9. The number of halogens is 1. The molecule has 4 heteroatoms. The van der Waals surface area contributed by atoms with Gasteiger partial charge in [-0.25, -0.2) is 4.98 Å². The highest BCUT2D eigenvalue weighted by atomic mass is 35.5. The lowest BCUT2D eigenvalue weighted by atomic mass is 10.2. The Hall–Kier alpha value is -0.800. The van der Waals surface area contributed by atoms with Crippen LogP contribution in [0.4, 0.5) is 5.82 Å². The lowest BCUT2D eigenvalue weighted by Crippen LogP contribution is -2.27. The summed E-state index contributed by atoms with van der Waals surface area (Å²) < 4.78 is 0. The third kappa shape index (κ3) is 4.92. The minimum absolute atomic E-state index is 0.546. The summed E-state index contributed by atoms with van der Waals surface area (Å²) in [5, 5.41) is 0. The molecular weight excluding hydrogens is 234 g/mol. The van der Waals surface area contributed by atoms with E-state index in [-0.39, 0.29) is 0 Å². The second-order valence-electron chi connectivity index (χ2n) is 4.39.